The molecule has 0 bridgehead atoms. The van der Waals surface area contributed by atoms with Crippen LogP contribution in [0.4, 0.5) is 11.4 Å². The lowest BCUT2D eigenvalue weighted by molar-refractivity contribution is 0.100. The Labute approximate surface area is 127 Å². The van der Waals surface area contributed by atoms with Crippen LogP contribution in [-0.4, -0.2) is 11.0 Å². The molecule has 1 aliphatic heterocycles. The second-order valence-electron chi connectivity index (χ2n) is 4.74. The Bertz CT molecular complexity index is 743. The average Bonchev–Trinajstić information content (AvgIpc) is 2.48. The van der Waals surface area contributed by atoms with Crippen molar-refractivity contribution in [2.45, 2.75) is 6.10 Å². The van der Waals surface area contributed by atoms with Crippen LogP contribution in [0, 0.1) is 0 Å². The highest BCUT2D eigenvalue weighted by molar-refractivity contribution is 6.33. The number of para-hydroxylation sites is 1. The van der Waals surface area contributed by atoms with Gasteiger partial charge in [0.05, 0.1) is 16.3 Å². The summed E-state index contributed by atoms with van der Waals surface area (Å²) in [7, 11) is 0. The van der Waals surface area contributed by atoms with Gasteiger partial charge in [0.1, 0.15) is 6.10 Å². The molecule has 1 heterocycles. The molecule has 1 amide bonds. The molecular weight excluding hydrogens is 288 g/mol. The first kappa shape index (κ1) is 13.7. The predicted molar refractivity (Wildman–Crippen MR) is 82.7 cm³/mol. The van der Waals surface area contributed by atoms with E-state index in [0.29, 0.717) is 5.02 Å². The SMILES string of the molecule is NC(=O)c1cc(N2C=CC(O)c3ccccc32)ccc1Cl. The van der Waals surface area contributed by atoms with E-state index >= 15 is 0 Å². The molecular formula is C16H13ClN2O2. The van der Waals surface area contributed by atoms with Gasteiger partial charge in [-0.15, -0.1) is 0 Å². The lowest BCUT2D eigenvalue weighted by atomic mass is 10.0. The first-order chi connectivity index (χ1) is 10.1. The van der Waals surface area contributed by atoms with E-state index < -0.39 is 12.0 Å². The highest BCUT2D eigenvalue weighted by Gasteiger charge is 2.20. The molecule has 1 atom stereocenters. The predicted octanol–water partition coefficient (Wildman–Crippen LogP) is 3.14. The van der Waals surface area contributed by atoms with Crippen LogP contribution in [0.15, 0.2) is 54.7 Å². The summed E-state index contributed by atoms with van der Waals surface area (Å²) in [6, 6.07) is 12.6. The van der Waals surface area contributed by atoms with Gasteiger partial charge in [-0.1, -0.05) is 29.8 Å². The van der Waals surface area contributed by atoms with E-state index in [1.54, 1.807) is 30.5 Å². The van der Waals surface area contributed by atoms with Crippen LogP contribution in [0.1, 0.15) is 22.0 Å². The fourth-order valence-corrected chi connectivity index (χ4v) is 2.60. The fourth-order valence-electron chi connectivity index (χ4n) is 2.39. The smallest absolute Gasteiger partial charge is 0.250 e. The molecule has 4 nitrogen and oxygen atoms in total. The number of nitrogens with two attached hydrogens (primary N) is 1. The Morgan fingerprint density at radius 2 is 2.00 bits per heavy atom. The summed E-state index contributed by atoms with van der Waals surface area (Å²) in [5, 5.41) is 10.3. The van der Waals surface area contributed by atoms with Crippen molar-refractivity contribution in [3.8, 4) is 0 Å². The van der Waals surface area contributed by atoms with Crippen LogP contribution in [0.3, 0.4) is 0 Å². The molecule has 0 fully saturated rings. The Morgan fingerprint density at radius 1 is 1.24 bits per heavy atom. The number of aliphatic hydroxyl groups is 1. The summed E-state index contributed by atoms with van der Waals surface area (Å²) >= 11 is 5.98. The minimum Gasteiger partial charge on any atom is -0.384 e. The molecule has 0 aromatic heterocycles. The summed E-state index contributed by atoms with van der Waals surface area (Å²) in [6.45, 7) is 0. The highest BCUT2D eigenvalue weighted by Crippen LogP contribution is 2.37. The van der Waals surface area contributed by atoms with Gasteiger partial charge in [0, 0.05) is 17.5 Å². The molecule has 0 aliphatic carbocycles. The maximum absolute atomic E-state index is 11.4. The number of carbonyl (C=O) groups is 1. The van der Waals surface area contributed by atoms with Crippen molar-refractivity contribution in [3.05, 3.63) is 70.9 Å². The van der Waals surface area contributed by atoms with Gasteiger partial charge in [-0.3, -0.25) is 4.79 Å². The number of hydrogen-bond acceptors (Lipinski definition) is 3. The normalized spacial score (nSPS) is 16.7. The van der Waals surface area contributed by atoms with E-state index in [-0.39, 0.29) is 5.56 Å². The number of aliphatic hydroxyl groups excluding tert-OH is 1. The van der Waals surface area contributed by atoms with Crippen LogP contribution in [-0.2, 0) is 0 Å². The van der Waals surface area contributed by atoms with Crippen LogP contribution in [0.2, 0.25) is 5.02 Å². The molecule has 3 rings (SSSR count). The zero-order valence-corrected chi connectivity index (χ0v) is 11.8. The van der Waals surface area contributed by atoms with E-state index in [1.807, 2.05) is 29.2 Å². The van der Waals surface area contributed by atoms with Crippen LogP contribution in [0.25, 0.3) is 0 Å². The molecule has 5 heteroatoms. The molecule has 2 aromatic rings. The van der Waals surface area contributed by atoms with Gasteiger partial charge in [0.25, 0.3) is 0 Å². The number of amides is 1. The van der Waals surface area contributed by atoms with Gasteiger partial charge in [0.2, 0.25) is 5.91 Å². The van der Waals surface area contributed by atoms with Crippen LogP contribution >= 0.6 is 11.6 Å². The zero-order chi connectivity index (χ0) is 15.0. The van der Waals surface area contributed by atoms with E-state index in [0.717, 1.165) is 16.9 Å². The van der Waals surface area contributed by atoms with Gasteiger partial charge < -0.3 is 15.7 Å². The number of nitrogens with zero attached hydrogens (tertiary/aromatic N) is 1. The number of halogens is 1. The third kappa shape index (κ3) is 2.39. The van der Waals surface area contributed by atoms with Crippen molar-refractivity contribution in [2.75, 3.05) is 4.90 Å². The number of benzene rings is 2. The molecule has 0 spiro atoms. The first-order valence-corrected chi connectivity index (χ1v) is 6.79. The Morgan fingerprint density at radius 3 is 2.76 bits per heavy atom. The van der Waals surface area contributed by atoms with E-state index in [4.69, 9.17) is 17.3 Å². The lowest BCUT2D eigenvalue weighted by Crippen LogP contribution is -2.18. The Kier molecular flexibility index (Phi) is 3.41. The molecule has 0 saturated carbocycles. The summed E-state index contributed by atoms with van der Waals surface area (Å²) in [6.07, 6.45) is 2.81. The average molecular weight is 301 g/mol. The molecule has 21 heavy (non-hydrogen) atoms. The first-order valence-electron chi connectivity index (χ1n) is 6.42. The topological polar surface area (TPSA) is 66.6 Å². The quantitative estimate of drug-likeness (QED) is 0.895. The lowest BCUT2D eigenvalue weighted by Gasteiger charge is -2.29. The summed E-state index contributed by atoms with van der Waals surface area (Å²) in [4.78, 5) is 13.3. The summed E-state index contributed by atoms with van der Waals surface area (Å²) < 4.78 is 0. The van der Waals surface area contributed by atoms with Crippen molar-refractivity contribution in [1.29, 1.82) is 0 Å². The van der Waals surface area contributed by atoms with Gasteiger partial charge in [-0.25, -0.2) is 0 Å². The number of fused-ring (bicyclic) bond motifs is 1. The molecule has 2 aromatic carbocycles. The van der Waals surface area contributed by atoms with Crippen LogP contribution in [0.5, 0.6) is 0 Å². The maximum Gasteiger partial charge on any atom is 0.250 e. The van der Waals surface area contributed by atoms with Gasteiger partial charge in [0.15, 0.2) is 0 Å². The summed E-state index contributed by atoms with van der Waals surface area (Å²) in [5.74, 6) is -0.573. The fraction of sp³-hybridized carbons (Fsp3) is 0.0625. The maximum atomic E-state index is 11.4. The number of carbonyl (C=O) groups excluding carboxylic acids is 1. The highest BCUT2D eigenvalue weighted by atomic mass is 35.5. The van der Waals surface area contributed by atoms with Crippen molar-refractivity contribution in [2.24, 2.45) is 5.73 Å². The molecule has 0 saturated heterocycles. The van der Waals surface area contributed by atoms with Crippen molar-refractivity contribution >= 4 is 28.9 Å². The molecule has 106 valence electrons. The van der Waals surface area contributed by atoms with E-state index in [2.05, 4.69) is 0 Å². The van der Waals surface area contributed by atoms with Crippen molar-refractivity contribution < 1.29 is 9.90 Å². The Hall–Kier alpha value is -2.30. The van der Waals surface area contributed by atoms with Gasteiger partial charge in [-0.05, 0) is 30.3 Å². The third-order valence-corrected chi connectivity index (χ3v) is 3.76. The van der Waals surface area contributed by atoms with Gasteiger partial charge in [-0.2, -0.15) is 0 Å². The second-order valence-corrected chi connectivity index (χ2v) is 5.15. The third-order valence-electron chi connectivity index (χ3n) is 3.43. The number of anilines is 2. The minimum absolute atomic E-state index is 0.270. The number of rotatable bonds is 2. The molecule has 1 unspecified atom stereocenters. The van der Waals surface area contributed by atoms with Gasteiger partial charge >= 0.3 is 0 Å². The summed E-state index contributed by atoms with van der Waals surface area (Å²) in [5.41, 5.74) is 8.01. The molecule has 0 radical (unpaired) electrons. The van der Waals surface area contributed by atoms with Crippen molar-refractivity contribution in [1.82, 2.24) is 0 Å². The van der Waals surface area contributed by atoms with Crippen molar-refractivity contribution in [3.63, 3.8) is 0 Å². The Balaban J connectivity index is 2.11. The largest absolute Gasteiger partial charge is 0.384 e. The number of hydrogen-bond donors (Lipinski definition) is 2. The zero-order valence-electron chi connectivity index (χ0n) is 11.0. The van der Waals surface area contributed by atoms with E-state index in [1.165, 1.54) is 0 Å². The molecule has 1 aliphatic rings. The monoisotopic (exact) mass is 300 g/mol. The molecule has 3 N–H and O–H groups in total. The number of primary amides is 1. The minimum atomic E-state index is -0.639. The van der Waals surface area contributed by atoms with Crippen LogP contribution < -0.4 is 10.6 Å². The second kappa shape index (κ2) is 5.24. The standard InChI is InChI=1S/C16H13ClN2O2/c17-13-6-5-10(9-12(13)16(18)21)19-8-7-15(20)11-3-1-2-4-14(11)19/h1-9,15,20H,(H2,18,21). The van der Waals surface area contributed by atoms with E-state index in [9.17, 15) is 9.90 Å².